The summed E-state index contributed by atoms with van der Waals surface area (Å²) in [5.74, 6) is -1.01. The summed E-state index contributed by atoms with van der Waals surface area (Å²) in [4.78, 5) is 25.6. The lowest BCUT2D eigenvalue weighted by molar-refractivity contribution is 0.0680. The Bertz CT molecular complexity index is 674. The third kappa shape index (κ3) is 3.71. The van der Waals surface area contributed by atoms with Gasteiger partial charge in [-0.3, -0.25) is 4.57 Å². The number of ether oxygens (including phenoxy) is 2. The van der Waals surface area contributed by atoms with Crippen molar-refractivity contribution in [3.8, 4) is 0 Å². The molecule has 0 fully saturated rings. The molecule has 7 heteroatoms. The maximum absolute atomic E-state index is 11.9. The summed E-state index contributed by atoms with van der Waals surface area (Å²) < 4.78 is 11.7. The van der Waals surface area contributed by atoms with Gasteiger partial charge in [-0.15, -0.1) is 0 Å². The van der Waals surface area contributed by atoms with Gasteiger partial charge in [0.2, 0.25) is 0 Å². The quantitative estimate of drug-likeness (QED) is 0.711. The summed E-state index contributed by atoms with van der Waals surface area (Å²) >= 11 is 0. The molecule has 2 aromatic rings. The third-order valence-corrected chi connectivity index (χ3v) is 3.12. The highest BCUT2D eigenvalue weighted by molar-refractivity contribution is 5.92. The minimum absolute atomic E-state index is 0.159. The van der Waals surface area contributed by atoms with Crippen LogP contribution in [0, 0.1) is 0 Å². The van der Waals surface area contributed by atoms with Crippen LogP contribution in [0.25, 0.3) is 11.0 Å². The summed E-state index contributed by atoms with van der Waals surface area (Å²) in [6.07, 6.45) is 0.661. The SMILES string of the molecule is COCCOCCCn1c(=O)[nH]c2ccc(C(=O)O)cc21. The largest absolute Gasteiger partial charge is 0.478 e. The van der Waals surface area contributed by atoms with E-state index >= 15 is 0 Å². The van der Waals surface area contributed by atoms with E-state index in [1.54, 1.807) is 13.2 Å². The molecule has 0 aliphatic rings. The second-order valence-electron chi connectivity index (χ2n) is 4.58. The van der Waals surface area contributed by atoms with E-state index in [1.807, 2.05) is 0 Å². The molecule has 0 radical (unpaired) electrons. The molecule has 1 aromatic heterocycles. The Balaban J connectivity index is 2.08. The fraction of sp³-hybridized carbons (Fsp3) is 0.429. The summed E-state index contributed by atoms with van der Waals surface area (Å²) in [6.45, 7) is 2.04. The molecule has 7 nitrogen and oxygen atoms in total. The molecule has 0 saturated heterocycles. The van der Waals surface area contributed by atoms with Crippen LogP contribution in [0.1, 0.15) is 16.8 Å². The third-order valence-electron chi connectivity index (χ3n) is 3.12. The fourth-order valence-corrected chi connectivity index (χ4v) is 2.08. The van der Waals surface area contributed by atoms with Crippen LogP contribution >= 0.6 is 0 Å². The predicted molar refractivity (Wildman–Crippen MR) is 76.8 cm³/mol. The second kappa shape index (κ2) is 7.05. The Labute approximate surface area is 121 Å². The van der Waals surface area contributed by atoms with E-state index in [0.717, 1.165) is 0 Å². The average Bonchev–Trinajstić information content (AvgIpc) is 2.77. The number of fused-ring (bicyclic) bond motifs is 1. The van der Waals surface area contributed by atoms with Crippen molar-refractivity contribution in [3.05, 3.63) is 34.2 Å². The number of rotatable bonds is 8. The number of H-pyrrole nitrogens is 1. The zero-order chi connectivity index (χ0) is 15.2. The number of hydrogen-bond acceptors (Lipinski definition) is 4. The number of imidazole rings is 1. The summed E-state index contributed by atoms with van der Waals surface area (Å²) in [6, 6.07) is 4.58. The number of methoxy groups -OCH3 is 1. The molecule has 0 aliphatic carbocycles. The Morgan fingerprint density at radius 1 is 1.33 bits per heavy atom. The molecule has 21 heavy (non-hydrogen) atoms. The molecule has 0 spiro atoms. The van der Waals surface area contributed by atoms with Crippen LogP contribution in [0.5, 0.6) is 0 Å². The van der Waals surface area contributed by atoms with Gasteiger partial charge in [-0.1, -0.05) is 0 Å². The van der Waals surface area contributed by atoms with Gasteiger partial charge in [-0.2, -0.15) is 0 Å². The van der Waals surface area contributed by atoms with Crippen molar-refractivity contribution < 1.29 is 19.4 Å². The standard InChI is InChI=1S/C14H18N2O5/c1-20-7-8-21-6-2-5-16-12-9-10(13(17)18)3-4-11(12)15-14(16)19/h3-4,9H,2,5-8H2,1H3,(H,15,19)(H,17,18). The minimum Gasteiger partial charge on any atom is -0.478 e. The molecule has 0 unspecified atom stereocenters. The van der Waals surface area contributed by atoms with Crippen LogP contribution in [0.2, 0.25) is 0 Å². The van der Waals surface area contributed by atoms with Crippen LogP contribution in [-0.2, 0) is 16.0 Å². The van der Waals surface area contributed by atoms with Gasteiger partial charge in [0.1, 0.15) is 0 Å². The highest BCUT2D eigenvalue weighted by atomic mass is 16.5. The van der Waals surface area contributed by atoms with Crippen molar-refractivity contribution in [3.63, 3.8) is 0 Å². The topological polar surface area (TPSA) is 93.5 Å². The van der Waals surface area contributed by atoms with E-state index in [1.165, 1.54) is 16.7 Å². The molecule has 0 bridgehead atoms. The van der Waals surface area contributed by atoms with Crippen molar-refractivity contribution in [1.29, 1.82) is 0 Å². The molecule has 0 aliphatic heterocycles. The molecule has 2 N–H and O–H groups in total. The van der Waals surface area contributed by atoms with E-state index in [2.05, 4.69) is 4.98 Å². The Kier molecular flexibility index (Phi) is 5.13. The maximum Gasteiger partial charge on any atom is 0.335 e. The summed E-state index contributed by atoms with van der Waals surface area (Å²) in [5, 5.41) is 9.01. The van der Waals surface area contributed by atoms with Crippen LogP contribution in [0.15, 0.2) is 23.0 Å². The van der Waals surface area contributed by atoms with E-state index in [-0.39, 0.29) is 11.3 Å². The lowest BCUT2D eigenvalue weighted by atomic mass is 10.2. The molecule has 114 valence electrons. The molecular weight excluding hydrogens is 276 g/mol. The van der Waals surface area contributed by atoms with Crippen LogP contribution in [0.4, 0.5) is 0 Å². The van der Waals surface area contributed by atoms with Crippen molar-refractivity contribution in [2.24, 2.45) is 0 Å². The highest BCUT2D eigenvalue weighted by Gasteiger charge is 2.10. The minimum atomic E-state index is -1.01. The van der Waals surface area contributed by atoms with Gasteiger partial charge in [-0.05, 0) is 24.6 Å². The molecule has 0 atom stereocenters. The molecule has 0 amide bonds. The highest BCUT2D eigenvalue weighted by Crippen LogP contribution is 2.13. The summed E-state index contributed by atoms with van der Waals surface area (Å²) in [5.41, 5.74) is 1.14. The number of carboxylic acid groups (broad SMARTS) is 1. The van der Waals surface area contributed by atoms with Gasteiger partial charge in [0.05, 0.1) is 29.8 Å². The van der Waals surface area contributed by atoms with Crippen LogP contribution < -0.4 is 5.69 Å². The normalized spacial score (nSPS) is 11.1. The number of aromatic amines is 1. The van der Waals surface area contributed by atoms with Gasteiger partial charge in [-0.25, -0.2) is 9.59 Å². The number of carboxylic acids is 1. The Hall–Kier alpha value is -2.12. The number of aromatic nitrogens is 2. The van der Waals surface area contributed by atoms with Crippen molar-refractivity contribution >= 4 is 17.0 Å². The van der Waals surface area contributed by atoms with Gasteiger partial charge >= 0.3 is 11.7 Å². The van der Waals surface area contributed by atoms with Crippen LogP contribution in [-0.4, -0.2) is 47.6 Å². The molecule has 0 saturated carbocycles. The van der Waals surface area contributed by atoms with Gasteiger partial charge in [0.25, 0.3) is 0 Å². The van der Waals surface area contributed by atoms with E-state index in [4.69, 9.17) is 14.6 Å². The van der Waals surface area contributed by atoms with E-state index in [9.17, 15) is 9.59 Å². The molecule has 1 heterocycles. The van der Waals surface area contributed by atoms with Crippen LogP contribution in [0.3, 0.4) is 0 Å². The second-order valence-corrected chi connectivity index (χ2v) is 4.58. The Morgan fingerprint density at radius 2 is 2.14 bits per heavy atom. The smallest absolute Gasteiger partial charge is 0.335 e. The zero-order valence-corrected chi connectivity index (χ0v) is 11.8. The monoisotopic (exact) mass is 294 g/mol. The Morgan fingerprint density at radius 3 is 2.86 bits per heavy atom. The van der Waals surface area contributed by atoms with Crippen molar-refractivity contribution in [1.82, 2.24) is 9.55 Å². The maximum atomic E-state index is 11.9. The van der Waals surface area contributed by atoms with E-state index < -0.39 is 5.97 Å². The fourth-order valence-electron chi connectivity index (χ4n) is 2.08. The number of hydrogen-bond donors (Lipinski definition) is 2. The zero-order valence-electron chi connectivity index (χ0n) is 11.8. The first-order valence-electron chi connectivity index (χ1n) is 6.66. The number of aromatic carboxylic acids is 1. The lowest BCUT2D eigenvalue weighted by Crippen LogP contribution is -2.18. The number of benzene rings is 1. The number of carbonyl (C=O) groups is 1. The van der Waals surface area contributed by atoms with Crippen molar-refractivity contribution in [2.75, 3.05) is 26.9 Å². The lowest BCUT2D eigenvalue weighted by Gasteiger charge is -2.05. The first-order valence-corrected chi connectivity index (χ1v) is 6.66. The molecule has 1 aromatic carbocycles. The van der Waals surface area contributed by atoms with E-state index in [0.29, 0.717) is 43.8 Å². The van der Waals surface area contributed by atoms with Crippen molar-refractivity contribution in [2.45, 2.75) is 13.0 Å². The number of nitrogens with zero attached hydrogens (tertiary/aromatic N) is 1. The molecule has 2 rings (SSSR count). The first kappa shape index (κ1) is 15.3. The predicted octanol–water partition coefficient (Wildman–Crippen LogP) is 1.08. The average molecular weight is 294 g/mol. The molecular formula is C14H18N2O5. The first-order chi connectivity index (χ1) is 10.1. The van der Waals surface area contributed by atoms with Gasteiger partial charge in [0.15, 0.2) is 0 Å². The van der Waals surface area contributed by atoms with Gasteiger partial charge in [0, 0.05) is 20.3 Å². The summed E-state index contributed by atoms with van der Waals surface area (Å²) in [7, 11) is 1.61. The number of nitrogens with one attached hydrogen (secondary N) is 1. The number of aryl methyl sites for hydroxylation is 1. The van der Waals surface area contributed by atoms with Gasteiger partial charge < -0.3 is 19.6 Å².